The first-order chi connectivity index (χ1) is 8.06. The highest BCUT2D eigenvalue weighted by Gasteiger charge is 2.10. The van der Waals surface area contributed by atoms with E-state index in [1.54, 1.807) is 38.4 Å². The summed E-state index contributed by atoms with van der Waals surface area (Å²) in [6, 6.07) is 6.76. The summed E-state index contributed by atoms with van der Waals surface area (Å²) in [6.07, 6.45) is 0. The zero-order chi connectivity index (χ0) is 12.8. The summed E-state index contributed by atoms with van der Waals surface area (Å²) in [7, 11) is 3.28. The van der Waals surface area contributed by atoms with Gasteiger partial charge in [-0.05, 0) is 12.1 Å². The van der Waals surface area contributed by atoms with E-state index in [-0.39, 0.29) is 18.3 Å². The van der Waals surface area contributed by atoms with Crippen molar-refractivity contribution in [2.45, 2.75) is 0 Å². The molecule has 0 fully saturated rings. The Morgan fingerprint density at radius 1 is 1.47 bits per heavy atom. The van der Waals surface area contributed by atoms with Crippen molar-refractivity contribution >= 4 is 11.7 Å². The third-order valence-electron chi connectivity index (χ3n) is 2.12. The van der Waals surface area contributed by atoms with Crippen molar-refractivity contribution in [1.82, 2.24) is 4.90 Å². The Labute approximate surface area is 99.3 Å². The van der Waals surface area contributed by atoms with Crippen LogP contribution in [-0.2, 0) is 4.79 Å². The van der Waals surface area contributed by atoms with Crippen LogP contribution in [-0.4, -0.2) is 42.6 Å². The second kappa shape index (κ2) is 5.74. The molecule has 3 N–H and O–H groups in total. The molecule has 0 aliphatic carbocycles. The monoisotopic (exact) mass is 237 g/mol. The Hall–Kier alpha value is -2.24. The number of nitrogens with two attached hydrogens (primary N) is 1. The molecule has 0 atom stereocenters. The number of carbonyl (C=O) groups excluding carboxylic acids is 1. The first kappa shape index (κ1) is 12.8. The van der Waals surface area contributed by atoms with Crippen LogP contribution in [0.3, 0.4) is 0 Å². The second-order valence-electron chi connectivity index (χ2n) is 3.56. The van der Waals surface area contributed by atoms with Crippen LogP contribution in [0.5, 0.6) is 5.75 Å². The molecule has 0 aliphatic heterocycles. The Morgan fingerprint density at radius 3 is 2.71 bits per heavy atom. The van der Waals surface area contributed by atoms with Crippen LogP contribution in [0.1, 0.15) is 5.56 Å². The SMILES string of the molecule is CN(C)C(=O)COc1ccccc1/C(N)=N/O. The fourth-order valence-corrected chi connectivity index (χ4v) is 1.13. The Kier molecular flexibility index (Phi) is 4.33. The Bertz CT molecular complexity index is 430. The van der Waals surface area contributed by atoms with Crippen molar-refractivity contribution in [3.05, 3.63) is 29.8 Å². The molecule has 1 aromatic rings. The first-order valence-corrected chi connectivity index (χ1v) is 4.96. The van der Waals surface area contributed by atoms with Gasteiger partial charge < -0.3 is 20.6 Å². The summed E-state index contributed by atoms with van der Waals surface area (Å²) in [5.74, 6) is 0.176. The lowest BCUT2D eigenvalue weighted by atomic mass is 10.2. The molecule has 1 rings (SSSR count). The highest BCUT2D eigenvalue weighted by atomic mass is 16.5. The lowest BCUT2D eigenvalue weighted by Crippen LogP contribution is -2.28. The van der Waals surface area contributed by atoms with E-state index in [1.807, 2.05) is 0 Å². The van der Waals surface area contributed by atoms with Crippen LogP contribution in [0.4, 0.5) is 0 Å². The van der Waals surface area contributed by atoms with E-state index >= 15 is 0 Å². The number of nitrogens with zero attached hydrogens (tertiary/aromatic N) is 2. The number of likely N-dealkylation sites (N-methyl/N-ethyl adjacent to an activating group) is 1. The summed E-state index contributed by atoms with van der Waals surface area (Å²) in [5.41, 5.74) is 5.93. The maximum absolute atomic E-state index is 11.4. The van der Waals surface area contributed by atoms with Crippen molar-refractivity contribution in [2.75, 3.05) is 20.7 Å². The number of oxime groups is 1. The molecule has 1 amide bonds. The average Bonchev–Trinajstić information content (AvgIpc) is 2.35. The van der Waals surface area contributed by atoms with Crippen molar-refractivity contribution in [3.8, 4) is 5.75 Å². The van der Waals surface area contributed by atoms with Gasteiger partial charge >= 0.3 is 0 Å². The number of hydrogen-bond donors (Lipinski definition) is 2. The van der Waals surface area contributed by atoms with Crippen LogP contribution in [0, 0.1) is 0 Å². The fourth-order valence-electron chi connectivity index (χ4n) is 1.13. The van der Waals surface area contributed by atoms with E-state index in [2.05, 4.69) is 5.16 Å². The third kappa shape index (κ3) is 3.37. The van der Waals surface area contributed by atoms with Crippen LogP contribution in [0.2, 0.25) is 0 Å². The molecule has 92 valence electrons. The first-order valence-electron chi connectivity index (χ1n) is 4.96. The molecule has 6 heteroatoms. The molecule has 0 saturated heterocycles. The minimum Gasteiger partial charge on any atom is -0.483 e. The number of amidine groups is 1. The highest BCUT2D eigenvalue weighted by Crippen LogP contribution is 2.17. The maximum atomic E-state index is 11.4. The third-order valence-corrected chi connectivity index (χ3v) is 2.12. The molecule has 0 aliphatic rings. The molecule has 0 saturated carbocycles. The summed E-state index contributed by atoms with van der Waals surface area (Å²) in [6.45, 7) is -0.0945. The summed E-state index contributed by atoms with van der Waals surface area (Å²) in [4.78, 5) is 12.8. The fraction of sp³-hybridized carbons (Fsp3) is 0.273. The molecule has 0 spiro atoms. The van der Waals surface area contributed by atoms with Crippen LogP contribution >= 0.6 is 0 Å². The van der Waals surface area contributed by atoms with E-state index in [9.17, 15) is 4.79 Å². The van der Waals surface area contributed by atoms with E-state index in [0.717, 1.165) is 0 Å². The van der Waals surface area contributed by atoms with Crippen LogP contribution < -0.4 is 10.5 Å². The maximum Gasteiger partial charge on any atom is 0.259 e. The van der Waals surface area contributed by atoms with Crippen LogP contribution in [0.25, 0.3) is 0 Å². The lowest BCUT2D eigenvalue weighted by Gasteiger charge is -2.13. The molecule has 0 heterocycles. The summed E-state index contributed by atoms with van der Waals surface area (Å²) in [5, 5.41) is 11.5. The van der Waals surface area contributed by atoms with Crippen molar-refractivity contribution in [3.63, 3.8) is 0 Å². The lowest BCUT2D eigenvalue weighted by molar-refractivity contribution is -0.130. The Balaban J connectivity index is 2.81. The standard InChI is InChI=1S/C11H15N3O3/c1-14(2)10(15)7-17-9-6-4-3-5-8(9)11(12)13-16/h3-6,16H,7H2,1-2H3,(H2,12,13). The number of carbonyl (C=O) groups is 1. The van der Waals surface area contributed by atoms with Crippen molar-refractivity contribution in [2.24, 2.45) is 10.9 Å². The smallest absolute Gasteiger partial charge is 0.259 e. The second-order valence-corrected chi connectivity index (χ2v) is 3.56. The molecule has 1 aromatic carbocycles. The zero-order valence-electron chi connectivity index (χ0n) is 9.75. The van der Waals surface area contributed by atoms with Gasteiger partial charge in [0.25, 0.3) is 5.91 Å². The number of para-hydroxylation sites is 1. The molecule has 0 aromatic heterocycles. The molecule has 0 bridgehead atoms. The van der Waals surface area contributed by atoms with Gasteiger partial charge in [-0.1, -0.05) is 17.3 Å². The van der Waals surface area contributed by atoms with Gasteiger partial charge in [-0.15, -0.1) is 0 Å². The minimum atomic E-state index is -0.167. The molecule has 0 radical (unpaired) electrons. The van der Waals surface area contributed by atoms with Gasteiger partial charge in [0.05, 0.1) is 5.56 Å². The van der Waals surface area contributed by atoms with Crippen molar-refractivity contribution in [1.29, 1.82) is 0 Å². The van der Waals surface area contributed by atoms with Gasteiger partial charge in [0.15, 0.2) is 12.4 Å². The normalized spacial score (nSPS) is 11.1. The van der Waals surface area contributed by atoms with E-state index in [1.165, 1.54) is 4.90 Å². The number of rotatable bonds is 4. The zero-order valence-corrected chi connectivity index (χ0v) is 9.75. The molecular formula is C11H15N3O3. The summed E-state index contributed by atoms with van der Waals surface area (Å²) >= 11 is 0. The van der Waals surface area contributed by atoms with E-state index < -0.39 is 0 Å². The van der Waals surface area contributed by atoms with E-state index in [4.69, 9.17) is 15.7 Å². The van der Waals surface area contributed by atoms with Crippen LogP contribution in [0.15, 0.2) is 29.4 Å². The number of hydrogen-bond acceptors (Lipinski definition) is 4. The van der Waals surface area contributed by atoms with Gasteiger partial charge in [0.2, 0.25) is 0 Å². The van der Waals surface area contributed by atoms with E-state index in [0.29, 0.717) is 11.3 Å². The quantitative estimate of drug-likeness (QED) is 0.340. The average molecular weight is 237 g/mol. The van der Waals surface area contributed by atoms with Crippen molar-refractivity contribution < 1.29 is 14.7 Å². The Morgan fingerprint density at radius 2 is 2.12 bits per heavy atom. The molecule has 0 unspecified atom stereocenters. The summed E-state index contributed by atoms with van der Waals surface area (Å²) < 4.78 is 5.32. The topological polar surface area (TPSA) is 88.2 Å². The predicted octanol–water partition coefficient (Wildman–Crippen LogP) is 0.248. The highest BCUT2D eigenvalue weighted by molar-refractivity contribution is 5.99. The van der Waals surface area contributed by atoms with Gasteiger partial charge in [-0.25, -0.2) is 0 Å². The number of benzene rings is 1. The number of ether oxygens (including phenoxy) is 1. The predicted molar refractivity (Wildman–Crippen MR) is 63.1 cm³/mol. The molecule has 6 nitrogen and oxygen atoms in total. The van der Waals surface area contributed by atoms with Gasteiger partial charge in [-0.2, -0.15) is 0 Å². The largest absolute Gasteiger partial charge is 0.483 e. The van der Waals surface area contributed by atoms with Gasteiger partial charge in [0.1, 0.15) is 5.75 Å². The minimum absolute atomic E-state index is 0.0575. The van der Waals surface area contributed by atoms with Gasteiger partial charge in [-0.3, -0.25) is 4.79 Å². The molecular weight excluding hydrogens is 222 g/mol. The molecule has 17 heavy (non-hydrogen) atoms. The number of amides is 1. The van der Waals surface area contributed by atoms with Gasteiger partial charge in [0, 0.05) is 14.1 Å².